The number of amides is 1. The lowest BCUT2D eigenvalue weighted by Crippen LogP contribution is -2.30. The summed E-state index contributed by atoms with van der Waals surface area (Å²) >= 11 is 0. The third kappa shape index (κ3) is 2.72. The van der Waals surface area contributed by atoms with E-state index >= 15 is 0 Å². The van der Waals surface area contributed by atoms with Crippen molar-refractivity contribution in [3.05, 3.63) is 11.6 Å². The van der Waals surface area contributed by atoms with Gasteiger partial charge in [-0.25, -0.2) is 4.98 Å². The number of hydrogen-bond donors (Lipinski definition) is 1. The maximum atomic E-state index is 12.5. The van der Waals surface area contributed by atoms with Crippen LogP contribution in [0.1, 0.15) is 50.7 Å². The zero-order valence-electron chi connectivity index (χ0n) is 12.6. The Hall–Kier alpha value is -1.39. The number of carbonyl (C=O) groups excluding carboxylic acids is 1. The Morgan fingerprint density at radius 2 is 2.30 bits per heavy atom. The second kappa shape index (κ2) is 5.19. The highest BCUT2D eigenvalue weighted by Gasteiger charge is 2.46. The van der Waals surface area contributed by atoms with Crippen LogP contribution in [0.3, 0.4) is 0 Å². The number of aryl methyl sites for hydroxylation is 1. The van der Waals surface area contributed by atoms with Crippen LogP contribution in [0.2, 0.25) is 0 Å². The minimum absolute atomic E-state index is 0.296. The van der Waals surface area contributed by atoms with Crippen LogP contribution in [0.5, 0.6) is 0 Å². The molecule has 5 nitrogen and oxygen atoms in total. The number of nitrogens with one attached hydrogen (secondary N) is 1. The van der Waals surface area contributed by atoms with Gasteiger partial charge in [0.05, 0.1) is 0 Å². The van der Waals surface area contributed by atoms with E-state index in [9.17, 15) is 4.79 Å². The Morgan fingerprint density at radius 1 is 1.50 bits per heavy atom. The topological polar surface area (TPSA) is 61.9 Å². The summed E-state index contributed by atoms with van der Waals surface area (Å²) in [5.74, 6) is 4.02. The lowest BCUT2D eigenvalue weighted by atomic mass is 10.1. The fourth-order valence-corrected chi connectivity index (χ4v) is 3.36. The van der Waals surface area contributed by atoms with E-state index in [2.05, 4.69) is 29.0 Å². The van der Waals surface area contributed by atoms with Gasteiger partial charge in [0.2, 0.25) is 5.91 Å². The molecule has 3 rings (SSSR count). The second-order valence-electron chi connectivity index (χ2n) is 6.78. The Morgan fingerprint density at radius 3 is 2.95 bits per heavy atom. The number of rotatable bonds is 4. The summed E-state index contributed by atoms with van der Waals surface area (Å²) in [7, 11) is 0. The first-order valence-corrected chi connectivity index (χ1v) is 7.72. The van der Waals surface area contributed by atoms with Crippen LogP contribution in [-0.4, -0.2) is 39.1 Å². The van der Waals surface area contributed by atoms with E-state index in [0.717, 1.165) is 37.6 Å². The number of aromatic nitrogens is 3. The average molecular weight is 276 g/mol. The summed E-state index contributed by atoms with van der Waals surface area (Å²) in [5.41, 5.74) is 0. The minimum atomic E-state index is 0.296. The SMILES string of the molecule is Cc1nc(C2CCN(C(=O)[C@H]3C[C@@H]3CC(C)C)C2)n[nH]1. The van der Waals surface area contributed by atoms with Gasteiger partial charge in [-0.15, -0.1) is 0 Å². The molecule has 110 valence electrons. The Labute approximate surface area is 120 Å². The summed E-state index contributed by atoms with van der Waals surface area (Å²) in [4.78, 5) is 18.9. The van der Waals surface area contributed by atoms with E-state index in [-0.39, 0.29) is 0 Å². The molecular weight excluding hydrogens is 252 g/mol. The second-order valence-corrected chi connectivity index (χ2v) is 6.78. The van der Waals surface area contributed by atoms with Crippen molar-refractivity contribution in [1.82, 2.24) is 20.1 Å². The van der Waals surface area contributed by atoms with Gasteiger partial charge < -0.3 is 4.90 Å². The van der Waals surface area contributed by atoms with Gasteiger partial charge in [-0.3, -0.25) is 9.89 Å². The molecule has 0 bridgehead atoms. The predicted molar refractivity (Wildman–Crippen MR) is 76.1 cm³/mol. The molecular formula is C15H24N4O. The Bertz CT molecular complexity index is 496. The molecule has 5 heteroatoms. The summed E-state index contributed by atoms with van der Waals surface area (Å²) in [5, 5.41) is 7.12. The number of likely N-dealkylation sites (tertiary alicyclic amines) is 1. The van der Waals surface area contributed by atoms with Gasteiger partial charge in [0.15, 0.2) is 5.82 Å². The van der Waals surface area contributed by atoms with E-state index in [1.165, 1.54) is 6.42 Å². The van der Waals surface area contributed by atoms with Crippen LogP contribution in [0.15, 0.2) is 0 Å². The number of hydrogen-bond acceptors (Lipinski definition) is 3. The molecule has 1 saturated heterocycles. The highest BCUT2D eigenvalue weighted by atomic mass is 16.2. The van der Waals surface area contributed by atoms with Crippen LogP contribution in [-0.2, 0) is 4.79 Å². The molecule has 1 aromatic heterocycles. The van der Waals surface area contributed by atoms with Gasteiger partial charge in [-0.2, -0.15) is 5.10 Å². The largest absolute Gasteiger partial charge is 0.342 e. The van der Waals surface area contributed by atoms with E-state index in [0.29, 0.717) is 29.6 Å². The van der Waals surface area contributed by atoms with Crippen molar-refractivity contribution in [2.24, 2.45) is 17.8 Å². The molecule has 1 aliphatic carbocycles. The molecule has 0 spiro atoms. The molecule has 1 saturated carbocycles. The number of nitrogens with zero attached hydrogens (tertiary/aromatic N) is 3. The molecule has 2 aliphatic rings. The normalized spacial score (nSPS) is 29.2. The zero-order valence-corrected chi connectivity index (χ0v) is 12.6. The molecule has 0 radical (unpaired) electrons. The van der Waals surface area contributed by atoms with Crippen LogP contribution < -0.4 is 0 Å². The molecule has 2 heterocycles. The van der Waals surface area contributed by atoms with Crippen LogP contribution in [0.25, 0.3) is 0 Å². The Balaban J connectivity index is 1.54. The third-order valence-electron chi connectivity index (χ3n) is 4.49. The molecule has 1 N–H and O–H groups in total. The summed E-state index contributed by atoms with van der Waals surface area (Å²) in [6.07, 6.45) is 3.27. The molecule has 3 atom stereocenters. The van der Waals surface area contributed by atoms with Crippen molar-refractivity contribution in [2.45, 2.75) is 46.0 Å². The molecule has 1 amide bonds. The molecule has 0 aromatic carbocycles. The number of H-pyrrole nitrogens is 1. The van der Waals surface area contributed by atoms with E-state index < -0.39 is 0 Å². The zero-order chi connectivity index (χ0) is 14.3. The maximum absolute atomic E-state index is 12.5. The summed E-state index contributed by atoms with van der Waals surface area (Å²) in [6.45, 7) is 8.03. The van der Waals surface area contributed by atoms with Gasteiger partial charge in [-0.1, -0.05) is 13.8 Å². The molecule has 1 aromatic rings. The summed E-state index contributed by atoms with van der Waals surface area (Å²) in [6, 6.07) is 0. The minimum Gasteiger partial charge on any atom is -0.342 e. The lowest BCUT2D eigenvalue weighted by Gasteiger charge is -2.16. The average Bonchev–Trinajstić information content (AvgIpc) is 2.81. The van der Waals surface area contributed by atoms with Crippen molar-refractivity contribution in [3.63, 3.8) is 0 Å². The lowest BCUT2D eigenvalue weighted by molar-refractivity contribution is -0.131. The van der Waals surface area contributed by atoms with Gasteiger partial charge >= 0.3 is 0 Å². The van der Waals surface area contributed by atoms with Gasteiger partial charge in [0, 0.05) is 24.9 Å². The van der Waals surface area contributed by atoms with Crippen molar-refractivity contribution in [1.29, 1.82) is 0 Å². The van der Waals surface area contributed by atoms with Crippen molar-refractivity contribution >= 4 is 5.91 Å². The summed E-state index contributed by atoms with van der Waals surface area (Å²) < 4.78 is 0. The first-order chi connectivity index (χ1) is 9.54. The highest BCUT2D eigenvalue weighted by Crippen LogP contribution is 2.45. The van der Waals surface area contributed by atoms with E-state index in [1.807, 2.05) is 11.8 Å². The van der Waals surface area contributed by atoms with Crippen LogP contribution in [0, 0.1) is 24.7 Å². The monoisotopic (exact) mass is 276 g/mol. The molecule has 20 heavy (non-hydrogen) atoms. The third-order valence-corrected chi connectivity index (χ3v) is 4.49. The number of aromatic amines is 1. The molecule has 1 unspecified atom stereocenters. The van der Waals surface area contributed by atoms with E-state index in [4.69, 9.17) is 0 Å². The smallest absolute Gasteiger partial charge is 0.225 e. The highest BCUT2D eigenvalue weighted by molar-refractivity contribution is 5.82. The van der Waals surface area contributed by atoms with Gasteiger partial charge in [0.1, 0.15) is 5.82 Å². The van der Waals surface area contributed by atoms with Crippen molar-refractivity contribution in [2.75, 3.05) is 13.1 Å². The molecule has 2 fully saturated rings. The van der Waals surface area contributed by atoms with Crippen LogP contribution >= 0.6 is 0 Å². The first-order valence-electron chi connectivity index (χ1n) is 7.72. The Kier molecular flexibility index (Phi) is 3.52. The number of carbonyl (C=O) groups is 1. The standard InChI is InChI=1S/C15H24N4O/c1-9(2)6-12-7-13(12)15(20)19-5-4-11(8-19)14-16-10(3)17-18-14/h9,11-13H,4-8H2,1-3H3,(H,16,17,18)/t11?,12-,13-/m0/s1. The van der Waals surface area contributed by atoms with E-state index in [1.54, 1.807) is 0 Å². The van der Waals surface area contributed by atoms with Crippen molar-refractivity contribution < 1.29 is 4.79 Å². The quantitative estimate of drug-likeness (QED) is 0.916. The van der Waals surface area contributed by atoms with Crippen molar-refractivity contribution in [3.8, 4) is 0 Å². The van der Waals surface area contributed by atoms with Crippen LogP contribution in [0.4, 0.5) is 0 Å². The predicted octanol–water partition coefficient (Wildman–Crippen LogP) is 2.11. The fourth-order valence-electron chi connectivity index (χ4n) is 3.36. The fraction of sp³-hybridized carbons (Fsp3) is 0.800. The van der Waals surface area contributed by atoms with Gasteiger partial charge in [0.25, 0.3) is 0 Å². The maximum Gasteiger partial charge on any atom is 0.225 e. The first kappa shape index (κ1) is 13.6. The van der Waals surface area contributed by atoms with Gasteiger partial charge in [-0.05, 0) is 38.0 Å². The molecule has 1 aliphatic heterocycles.